The molecule has 1 heteroatoms. The molecule has 0 aromatic carbocycles. The third kappa shape index (κ3) is 7.67. The van der Waals surface area contributed by atoms with E-state index in [0.717, 1.165) is 25.7 Å². The van der Waals surface area contributed by atoms with E-state index in [0.29, 0.717) is 5.78 Å². The normalized spacial score (nSPS) is 24.4. The summed E-state index contributed by atoms with van der Waals surface area (Å²) in [6, 6.07) is 0. The van der Waals surface area contributed by atoms with Crippen molar-refractivity contribution in [2.24, 2.45) is 0 Å². The van der Waals surface area contributed by atoms with Gasteiger partial charge in [-0.2, -0.15) is 0 Å². The van der Waals surface area contributed by atoms with Crippen LogP contribution in [-0.2, 0) is 4.79 Å². The van der Waals surface area contributed by atoms with E-state index < -0.39 is 0 Å². The molecule has 0 radical (unpaired) electrons. The molecule has 0 fully saturated rings. The number of allylic oxidation sites excluding steroid dienone is 2. The highest BCUT2D eigenvalue weighted by molar-refractivity contribution is 5.78. The van der Waals surface area contributed by atoms with E-state index >= 15 is 0 Å². The highest BCUT2D eigenvalue weighted by Gasteiger charge is 2.00. The third-order valence-corrected chi connectivity index (χ3v) is 3.33. The summed E-state index contributed by atoms with van der Waals surface area (Å²) in [4.78, 5) is 11.5. The smallest absolute Gasteiger partial charge is 0.133 e. The van der Waals surface area contributed by atoms with Crippen LogP contribution in [0.1, 0.15) is 77.0 Å². The Morgan fingerprint density at radius 3 is 1.94 bits per heavy atom. The molecule has 0 saturated heterocycles. The molecule has 92 valence electrons. The number of hydrogen-bond acceptors (Lipinski definition) is 1. The summed E-state index contributed by atoms with van der Waals surface area (Å²) in [7, 11) is 0. The summed E-state index contributed by atoms with van der Waals surface area (Å²) in [6.07, 6.45) is 18.7. The first-order valence-electron chi connectivity index (χ1n) is 7.06. The second kappa shape index (κ2) is 9.62. The molecule has 0 saturated carbocycles. The molecule has 0 heterocycles. The highest BCUT2D eigenvalue weighted by Crippen LogP contribution is 2.12. The van der Waals surface area contributed by atoms with Crippen LogP contribution < -0.4 is 0 Å². The minimum absolute atomic E-state index is 0.458. The van der Waals surface area contributed by atoms with E-state index in [4.69, 9.17) is 0 Å². The molecule has 0 amide bonds. The first-order chi connectivity index (χ1) is 7.89. The highest BCUT2D eigenvalue weighted by atomic mass is 16.1. The third-order valence-electron chi connectivity index (χ3n) is 3.33. The van der Waals surface area contributed by atoms with Crippen molar-refractivity contribution in [1.82, 2.24) is 0 Å². The first-order valence-corrected chi connectivity index (χ1v) is 7.06. The van der Waals surface area contributed by atoms with Gasteiger partial charge < -0.3 is 0 Å². The second-order valence-corrected chi connectivity index (χ2v) is 4.92. The van der Waals surface area contributed by atoms with Crippen LogP contribution in [0.4, 0.5) is 0 Å². The summed E-state index contributed by atoms with van der Waals surface area (Å²) in [5.74, 6) is 0.458. The molecule has 0 unspecified atom stereocenters. The van der Waals surface area contributed by atoms with Crippen LogP contribution in [-0.4, -0.2) is 5.78 Å². The maximum atomic E-state index is 11.5. The summed E-state index contributed by atoms with van der Waals surface area (Å²) in [5.41, 5.74) is 0. The van der Waals surface area contributed by atoms with Gasteiger partial charge in [0.05, 0.1) is 0 Å². The van der Waals surface area contributed by atoms with Crippen molar-refractivity contribution in [3.8, 4) is 0 Å². The molecule has 1 aliphatic rings. The lowest BCUT2D eigenvalue weighted by Gasteiger charge is -2.01. The van der Waals surface area contributed by atoms with Gasteiger partial charge in [-0.15, -0.1) is 0 Å². The lowest BCUT2D eigenvalue weighted by Crippen LogP contribution is -1.96. The maximum Gasteiger partial charge on any atom is 0.133 e. The largest absolute Gasteiger partial charge is 0.300 e. The van der Waals surface area contributed by atoms with Crippen molar-refractivity contribution in [2.45, 2.75) is 77.0 Å². The minimum atomic E-state index is 0.458. The Bertz CT molecular complexity index is 205. The fraction of sp³-hybridized carbons (Fsp3) is 0.800. The molecule has 1 nitrogen and oxygen atoms in total. The van der Waals surface area contributed by atoms with Gasteiger partial charge in [-0.05, 0) is 25.7 Å². The molecule has 0 spiro atoms. The van der Waals surface area contributed by atoms with Crippen molar-refractivity contribution >= 4 is 5.78 Å². The van der Waals surface area contributed by atoms with Gasteiger partial charge in [0.2, 0.25) is 0 Å². The summed E-state index contributed by atoms with van der Waals surface area (Å²) in [6.45, 7) is 0. The average molecular weight is 222 g/mol. The van der Waals surface area contributed by atoms with Crippen molar-refractivity contribution in [1.29, 1.82) is 0 Å². The zero-order chi connectivity index (χ0) is 11.5. The van der Waals surface area contributed by atoms with Gasteiger partial charge in [-0.3, -0.25) is 4.79 Å². The van der Waals surface area contributed by atoms with E-state index in [9.17, 15) is 4.79 Å². The molecule has 0 aromatic rings. The quantitative estimate of drug-likeness (QED) is 0.538. The standard InChI is InChI=1S/C15H26O/c16-15-13-11-9-7-5-3-1-2-4-6-8-10-12-14-15/h7,9H,1-6,8,10-14H2/b9-7-. The van der Waals surface area contributed by atoms with Crippen LogP contribution in [0.15, 0.2) is 12.2 Å². The minimum Gasteiger partial charge on any atom is -0.300 e. The molecular formula is C15H26O. The second-order valence-electron chi connectivity index (χ2n) is 4.92. The predicted octanol–water partition coefficient (Wildman–Crippen LogP) is 4.81. The van der Waals surface area contributed by atoms with Gasteiger partial charge in [-0.1, -0.05) is 50.7 Å². The Labute approximate surface area is 100 Å². The number of carbonyl (C=O) groups excluding carboxylic acids is 1. The molecule has 0 N–H and O–H groups in total. The first kappa shape index (κ1) is 13.5. The maximum absolute atomic E-state index is 11.5. The van der Waals surface area contributed by atoms with Crippen molar-refractivity contribution < 1.29 is 4.79 Å². The van der Waals surface area contributed by atoms with Gasteiger partial charge >= 0.3 is 0 Å². The lowest BCUT2D eigenvalue weighted by atomic mass is 10.0. The Morgan fingerprint density at radius 2 is 1.19 bits per heavy atom. The molecular weight excluding hydrogens is 196 g/mol. The van der Waals surface area contributed by atoms with E-state index in [2.05, 4.69) is 12.2 Å². The van der Waals surface area contributed by atoms with Crippen molar-refractivity contribution in [2.75, 3.05) is 0 Å². The van der Waals surface area contributed by atoms with Crippen LogP contribution in [0.3, 0.4) is 0 Å². The molecule has 0 aromatic heterocycles. The Morgan fingerprint density at radius 1 is 0.625 bits per heavy atom. The van der Waals surface area contributed by atoms with Gasteiger partial charge in [-0.25, -0.2) is 0 Å². The summed E-state index contributed by atoms with van der Waals surface area (Å²) in [5, 5.41) is 0. The van der Waals surface area contributed by atoms with Crippen molar-refractivity contribution in [3.63, 3.8) is 0 Å². The van der Waals surface area contributed by atoms with Crippen molar-refractivity contribution in [3.05, 3.63) is 12.2 Å². The van der Waals surface area contributed by atoms with Crippen LogP contribution >= 0.6 is 0 Å². The number of ketones is 1. The SMILES string of the molecule is O=C1CC/C=C\CCCCCCCCCC1. The van der Waals surface area contributed by atoms with E-state index in [-0.39, 0.29) is 0 Å². The predicted molar refractivity (Wildman–Crippen MR) is 69.6 cm³/mol. The van der Waals surface area contributed by atoms with Crippen LogP contribution in [0.2, 0.25) is 0 Å². The molecule has 1 aliphatic carbocycles. The van der Waals surface area contributed by atoms with E-state index in [1.165, 1.54) is 51.4 Å². The Hall–Kier alpha value is -0.590. The summed E-state index contributed by atoms with van der Waals surface area (Å²) >= 11 is 0. The van der Waals surface area contributed by atoms with Gasteiger partial charge in [0.15, 0.2) is 0 Å². The van der Waals surface area contributed by atoms with Crippen LogP contribution in [0.5, 0.6) is 0 Å². The molecule has 1 rings (SSSR count). The topological polar surface area (TPSA) is 17.1 Å². The number of Topliss-reactive ketones (excluding diaryl/α,β-unsaturated/α-hetero) is 1. The number of carbonyl (C=O) groups is 1. The molecule has 0 atom stereocenters. The molecule has 16 heavy (non-hydrogen) atoms. The van der Waals surface area contributed by atoms with Crippen LogP contribution in [0, 0.1) is 0 Å². The average Bonchev–Trinajstić information content (AvgIpc) is 2.29. The fourth-order valence-corrected chi connectivity index (χ4v) is 2.25. The zero-order valence-corrected chi connectivity index (χ0v) is 10.5. The van der Waals surface area contributed by atoms with E-state index in [1.807, 2.05) is 0 Å². The lowest BCUT2D eigenvalue weighted by molar-refractivity contribution is -0.119. The number of rotatable bonds is 0. The Balaban J connectivity index is 2.20. The monoisotopic (exact) mass is 222 g/mol. The van der Waals surface area contributed by atoms with Gasteiger partial charge in [0, 0.05) is 12.8 Å². The number of hydrogen-bond donors (Lipinski definition) is 0. The van der Waals surface area contributed by atoms with Gasteiger partial charge in [0.1, 0.15) is 5.78 Å². The molecule has 0 aliphatic heterocycles. The van der Waals surface area contributed by atoms with Crippen LogP contribution in [0.25, 0.3) is 0 Å². The molecule has 0 bridgehead atoms. The zero-order valence-electron chi connectivity index (χ0n) is 10.5. The summed E-state index contributed by atoms with van der Waals surface area (Å²) < 4.78 is 0. The Kier molecular flexibility index (Phi) is 8.10. The fourth-order valence-electron chi connectivity index (χ4n) is 2.25. The van der Waals surface area contributed by atoms with E-state index in [1.54, 1.807) is 0 Å². The van der Waals surface area contributed by atoms with Gasteiger partial charge in [0.25, 0.3) is 0 Å².